The van der Waals surface area contributed by atoms with Crippen molar-refractivity contribution >= 4 is 21.6 Å². The monoisotopic (exact) mass is 326 g/mol. The van der Waals surface area contributed by atoms with Crippen LogP contribution in [0.4, 0.5) is 0 Å². The van der Waals surface area contributed by atoms with Crippen LogP contribution in [0.15, 0.2) is 24.3 Å². The number of hydrogen-bond donors (Lipinski definition) is 0. The summed E-state index contributed by atoms with van der Waals surface area (Å²) in [7, 11) is 3.35. The fourth-order valence-corrected chi connectivity index (χ4v) is 4.39. The van der Waals surface area contributed by atoms with Crippen molar-refractivity contribution in [3.63, 3.8) is 0 Å². The molecule has 0 atom stereocenters. The Morgan fingerprint density at radius 3 is 2.48 bits per heavy atom. The first-order valence-electron chi connectivity index (χ1n) is 7.81. The zero-order chi connectivity index (χ0) is 15.8. The lowest BCUT2D eigenvalue weighted by atomic mass is 9.97. The molecule has 1 aromatic carbocycles. The standard InChI is InChI=1S/C18H18N2O2S/c1-21-12-9-7-11(8-10-12)16-19-17(22-2)15-13-5-3-4-6-14(13)23-18(15)20-16/h7-10H,3-6H2,1-2H3. The predicted molar refractivity (Wildman–Crippen MR) is 92.6 cm³/mol. The quantitative estimate of drug-likeness (QED) is 0.721. The molecule has 0 spiro atoms. The van der Waals surface area contributed by atoms with Crippen LogP contribution in [0, 0.1) is 0 Å². The van der Waals surface area contributed by atoms with E-state index < -0.39 is 0 Å². The Bertz CT molecular complexity index is 856. The molecule has 0 saturated carbocycles. The number of nitrogens with zero attached hydrogens (tertiary/aromatic N) is 2. The molecule has 1 aliphatic rings. The molecule has 0 bridgehead atoms. The molecule has 23 heavy (non-hydrogen) atoms. The van der Waals surface area contributed by atoms with Gasteiger partial charge >= 0.3 is 0 Å². The molecule has 1 aliphatic carbocycles. The number of fused-ring (bicyclic) bond motifs is 3. The van der Waals surface area contributed by atoms with Gasteiger partial charge in [-0.05, 0) is 55.5 Å². The number of aryl methyl sites for hydroxylation is 2. The van der Waals surface area contributed by atoms with Crippen molar-refractivity contribution < 1.29 is 9.47 Å². The van der Waals surface area contributed by atoms with Gasteiger partial charge in [-0.15, -0.1) is 11.3 Å². The van der Waals surface area contributed by atoms with Gasteiger partial charge in [0.1, 0.15) is 10.6 Å². The van der Waals surface area contributed by atoms with Crippen LogP contribution in [0.2, 0.25) is 0 Å². The van der Waals surface area contributed by atoms with E-state index in [1.807, 2.05) is 24.3 Å². The molecular weight excluding hydrogens is 308 g/mol. The van der Waals surface area contributed by atoms with E-state index in [9.17, 15) is 0 Å². The van der Waals surface area contributed by atoms with E-state index in [1.54, 1.807) is 25.6 Å². The van der Waals surface area contributed by atoms with Crippen molar-refractivity contribution in [3.8, 4) is 23.0 Å². The first-order chi connectivity index (χ1) is 11.3. The highest BCUT2D eigenvalue weighted by Crippen LogP contribution is 2.40. The third-order valence-corrected chi connectivity index (χ3v) is 5.51. The van der Waals surface area contributed by atoms with E-state index in [4.69, 9.17) is 14.5 Å². The number of methoxy groups -OCH3 is 2. The SMILES string of the molecule is COc1ccc(-c2nc(OC)c3c4c(sc3n2)CCCC4)cc1. The van der Waals surface area contributed by atoms with Crippen molar-refractivity contribution in [2.75, 3.05) is 14.2 Å². The molecule has 2 aromatic heterocycles. The highest BCUT2D eigenvalue weighted by molar-refractivity contribution is 7.18. The van der Waals surface area contributed by atoms with Crippen molar-refractivity contribution in [2.24, 2.45) is 0 Å². The van der Waals surface area contributed by atoms with Crippen LogP contribution in [0.3, 0.4) is 0 Å². The minimum absolute atomic E-state index is 0.695. The lowest BCUT2D eigenvalue weighted by molar-refractivity contribution is 0.403. The Morgan fingerprint density at radius 2 is 1.74 bits per heavy atom. The van der Waals surface area contributed by atoms with Crippen LogP contribution in [0.1, 0.15) is 23.3 Å². The third kappa shape index (κ3) is 2.45. The average Bonchev–Trinajstić information content (AvgIpc) is 2.99. The topological polar surface area (TPSA) is 44.2 Å². The number of hydrogen-bond acceptors (Lipinski definition) is 5. The number of thiophene rings is 1. The summed E-state index contributed by atoms with van der Waals surface area (Å²) in [5.41, 5.74) is 2.37. The highest BCUT2D eigenvalue weighted by atomic mass is 32.1. The summed E-state index contributed by atoms with van der Waals surface area (Å²) >= 11 is 1.79. The zero-order valence-electron chi connectivity index (χ0n) is 13.3. The van der Waals surface area contributed by atoms with E-state index in [1.165, 1.54) is 23.3 Å². The molecule has 0 saturated heterocycles. The van der Waals surface area contributed by atoms with E-state index in [0.717, 1.165) is 34.4 Å². The van der Waals surface area contributed by atoms with Crippen LogP contribution in [0.5, 0.6) is 11.6 Å². The number of benzene rings is 1. The van der Waals surface area contributed by atoms with Crippen LogP contribution >= 0.6 is 11.3 Å². The van der Waals surface area contributed by atoms with Crippen LogP contribution in [0.25, 0.3) is 21.6 Å². The van der Waals surface area contributed by atoms with Gasteiger partial charge in [0.2, 0.25) is 5.88 Å². The summed E-state index contributed by atoms with van der Waals surface area (Å²) < 4.78 is 10.8. The Balaban J connectivity index is 1.88. The van der Waals surface area contributed by atoms with Gasteiger partial charge in [0.25, 0.3) is 0 Å². The first-order valence-corrected chi connectivity index (χ1v) is 8.62. The molecule has 0 amide bonds. The van der Waals surface area contributed by atoms with Gasteiger partial charge in [-0.1, -0.05) is 0 Å². The number of aromatic nitrogens is 2. The second-order valence-corrected chi connectivity index (χ2v) is 6.76. The largest absolute Gasteiger partial charge is 0.497 e. The Labute approximate surface area is 139 Å². The van der Waals surface area contributed by atoms with Crippen molar-refractivity contribution in [1.82, 2.24) is 9.97 Å². The first kappa shape index (κ1) is 14.5. The third-order valence-electron chi connectivity index (χ3n) is 4.32. The molecule has 3 aromatic rings. The summed E-state index contributed by atoms with van der Waals surface area (Å²) in [6.45, 7) is 0. The van der Waals surface area contributed by atoms with E-state index in [2.05, 4.69) is 4.98 Å². The van der Waals surface area contributed by atoms with Crippen molar-refractivity contribution in [2.45, 2.75) is 25.7 Å². The molecule has 4 nitrogen and oxygen atoms in total. The molecular formula is C18H18N2O2S. The van der Waals surface area contributed by atoms with Gasteiger partial charge in [0.15, 0.2) is 5.82 Å². The molecule has 4 rings (SSSR count). The van der Waals surface area contributed by atoms with E-state index >= 15 is 0 Å². The summed E-state index contributed by atoms with van der Waals surface area (Å²) in [5.74, 6) is 2.23. The Kier molecular flexibility index (Phi) is 3.65. The van der Waals surface area contributed by atoms with Gasteiger partial charge in [0.05, 0.1) is 19.6 Å². The molecule has 0 aliphatic heterocycles. The van der Waals surface area contributed by atoms with Gasteiger partial charge < -0.3 is 9.47 Å². The maximum Gasteiger partial charge on any atom is 0.225 e. The molecule has 0 radical (unpaired) electrons. The summed E-state index contributed by atoms with van der Waals surface area (Å²) in [4.78, 5) is 11.9. The second kappa shape index (κ2) is 5.81. The van der Waals surface area contributed by atoms with E-state index in [0.29, 0.717) is 11.7 Å². The van der Waals surface area contributed by atoms with Gasteiger partial charge in [0, 0.05) is 10.4 Å². The lowest BCUT2D eigenvalue weighted by Gasteiger charge is -2.11. The fraction of sp³-hybridized carbons (Fsp3) is 0.333. The van der Waals surface area contributed by atoms with Crippen molar-refractivity contribution in [1.29, 1.82) is 0 Å². The maximum atomic E-state index is 5.59. The molecule has 0 N–H and O–H groups in total. The predicted octanol–water partition coefficient (Wildman–Crippen LogP) is 4.25. The molecule has 5 heteroatoms. The Morgan fingerprint density at radius 1 is 0.957 bits per heavy atom. The van der Waals surface area contributed by atoms with Crippen LogP contribution in [-0.2, 0) is 12.8 Å². The van der Waals surface area contributed by atoms with Crippen LogP contribution in [-0.4, -0.2) is 24.2 Å². The normalized spacial score (nSPS) is 13.8. The minimum atomic E-state index is 0.695. The Hall–Kier alpha value is -2.14. The molecule has 0 unspecified atom stereocenters. The van der Waals surface area contributed by atoms with Gasteiger partial charge in [-0.3, -0.25) is 0 Å². The highest BCUT2D eigenvalue weighted by Gasteiger charge is 2.21. The summed E-state index contributed by atoms with van der Waals surface area (Å²) in [5, 5.41) is 1.12. The minimum Gasteiger partial charge on any atom is -0.497 e. The summed E-state index contributed by atoms with van der Waals surface area (Å²) in [6, 6.07) is 7.81. The smallest absolute Gasteiger partial charge is 0.225 e. The summed E-state index contributed by atoms with van der Waals surface area (Å²) in [6.07, 6.45) is 4.76. The molecule has 2 heterocycles. The molecule has 0 fully saturated rings. The van der Waals surface area contributed by atoms with Gasteiger partial charge in [-0.25, -0.2) is 4.98 Å². The average molecular weight is 326 g/mol. The van der Waals surface area contributed by atoms with Gasteiger partial charge in [-0.2, -0.15) is 4.98 Å². The fourth-order valence-electron chi connectivity index (χ4n) is 3.14. The second-order valence-electron chi connectivity index (χ2n) is 5.68. The van der Waals surface area contributed by atoms with Crippen LogP contribution < -0.4 is 9.47 Å². The van der Waals surface area contributed by atoms with Crippen molar-refractivity contribution in [3.05, 3.63) is 34.7 Å². The zero-order valence-corrected chi connectivity index (χ0v) is 14.1. The number of rotatable bonds is 3. The number of ether oxygens (including phenoxy) is 2. The maximum absolute atomic E-state index is 5.59. The molecule has 118 valence electrons. The lowest BCUT2D eigenvalue weighted by Crippen LogP contribution is -2.00. The van der Waals surface area contributed by atoms with E-state index in [-0.39, 0.29) is 0 Å².